The van der Waals surface area contributed by atoms with Crippen molar-refractivity contribution in [1.82, 2.24) is 0 Å². The van der Waals surface area contributed by atoms with Crippen molar-refractivity contribution in [1.29, 1.82) is 0 Å². The van der Waals surface area contributed by atoms with E-state index in [2.05, 4.69) is 11.6 Å². The first-order valence-corrected chi connectivity index (χ1v) is 1.72. The molecule has 0 nitrogen and oxygen atoms in total. The van der Waals surface area contributed by atoms with Crippen LogP contribution in [0, 0.1) is 0 Å². The summed E-state index contributed by atoms with van der Waals surface area (Å²) >= 11 is 4.53. The summed E-state index contributed by atoms with van der Waals surface area (Å²) < 4.78 is 21.9. The normalized spacial score (nSPS) is 12.2. The largest absolute Gasteiger partial charge is 0.246 e. The Labute approximate surface area is 39.4 Å². The Balaban J connectivity index is 3.14. The molecule has 0 aliphatic rings. The van der Waals surface area contributed by atoms with Crippen molar-refractivity contribution in [3.63, 3.8) is 0 Å². The summed E-state index contributed by atoms with van der Waals surface area (Å²) in [6.45, 7) is -0.838. The van der Waals surface area contributed by atoms with Crippen molar-refractivity contribution < 1.29 is 8.78 Å². The maximum atomic E-state index is 11.1. The predicted molar refractivity (Wildman–Crippen MR) is 21.0 cm³/mol. The molecule has 36 valence electrons. The van der Waals surface area contributed by atoms with Crippen LogP contribution in [0.15, 0.2) is 11.4 Å². The van der Waals surface area contributed by atoms with Crippen LogP contribution in [0.5, 0.6) is 0 Å². The van der Waals surface area contributed by atoms with E-state index in [1.165, 1.54) is 0 Å². The Kier molecular flexibility index (Phi) is 3.04. The molecule has 0 atom stereocenters. The zero-order valence-corrected chi connectivity index (χ0v) is 3.67. The van der Waals surface area contributed by atoms with Crippen LogP contribution in [0.3, 0.4) is 0 Å². The summed E-state index contributed by atoms with van der Waals surface area (Å²) in [5.74, 6) is 0. The van der Waals surface area contributed by atoms with Crippen LogP contribution >= 0.6 is 11.6 Å². The molecule has 0 heterocycles. The second-order valence-corrected chi connectivity index (χ2v) is 1.01. The van der Waals surface area contributed by atoms with Crippen LogP contribution in [0.25, 0.3) is 0 Å². The first-order chi connectivity index (χ1) is 2.77. The number of alkyl halides is 1. The van der Waals surface area contributed by atoms with E-state index in [1.54, 1.807) is 0 Å². The van der Waals surface area contributed by atoms with Crippen LogP contribution in [0.2, 0.25) is 0 Å². The third kappa shape index (κ3) is 3.89. The number of rotatable bonds is 1. The van der Waals surface area contributed by atoms with E-state index in [0.29, 0.717) is 6.08 Å². The number of hydrogen-bond acceptors (Lipinski definition) is 0. The van der Waals surface area contributed by atoms with E-state index >= 15 is 0 Å². The highest BCUT2D eigenvalue weighted by molar-refractivity contribution is 6.28. The van der Waals surface area contributed by atoms with Crippen molar-refractivity contribution in [2.45, 2.75) is 0 Å². The summed E-state index contributed by atoms with van der Waals surface area (Å²) in [4.78, 5) is 0. The summed E-state index contributed by atoms with van der Waals surface area (Å²) in [7, 11) is 0. The minimum atomic E-state index is -0.988. The van der Waals surface area contributed by atoms with E-state index < -0.39 is 12.0 Å². The van der Waals surface area contributed by atoms with Crippen molar-refractivity contribution in [3.8, 4) is 0 Å². The molecule has 0 rings (SSSR count). The van der Waals surface area contributed by atoms with Gasteiger partial charge in [0, 0.05) is 0 Å². The molecular weight excluding hydrogens is 109 g/mol. The summed E-state index contributed by atoms with van der Waals surface area (Å²) in [6, 6.07) is 0. The Bertz CT molecular complexity index is 55.8. The van der Waals surface area contributed by atoms with Crippen molar-refractivity contribution >= 4 is 11.6 Å². The monoisotopic (exact) mass is 112 g/mol. The first-order valence-electron chi connectivity index (χ1n) is 1.34. The van der Waals surface area contributed by atoms with Gasteiger partial charge >= 0.3 is 0 Å². The molecule has 0 unspecified atom stereocenters. The average Bonchev–Trinajstić information content (AvgIpc) is 1.35. The maximum absolute atomic E-state index is 11.1. The van der Waals surface area contributed by atoms with Gasteiger partial charge in [0.2, 0.25) is 0 Å². The molecule has 0 radical (unpaired) electrons. The van der Waals surface area contributed by atoms with Gasteiger partial charge in [0.1, 0.15) is 6.67 Å². The third-order valence-electron chi connectivity index (χ3n) is 0.231. The molecular formula is C3H3ClF2. The molecule has 0 aliphatic carbocycles. The topological polar surface area (TPSA) is 0 Å². The van der Waals surface area contributed by atoms with E-state index in [0.717, 1.165) is 0 Å². The molecule has 0 amide bonds. The van der Waals surface area contributed by atoms with E-state index in [9.17, 15) is 8.78 Å². The molecule has 0 fully saturated rings. The fourth-order valence-corrected chi connectivity index (χ4v) is 0.117. The van der Waals surface area contributed by atoms with Crippen molar-refractivity contribution in [2.24, 2.45) is 0 Å². The van der Waals surface area contributed by atoms with Gasteiger partial charge in [0.15, 0.2) is 5.29 Å². The highest BCUT2D eigenvalue weighted by Gasteiger charge is 1.78. The molecule has 0 N–H and O–H groups in total. The van der Waals surface area contributed by atoms with Gasteiger partial charge in [-0.3, -0.25) is 0 Å². The summed E-state index contributed by atoms with van der Waals surface area (Å²) in [5.41, 5.74) is 0. The van der Waals surface area contributed by atoms with Crippen LogP contribution in [-0.4, -0.2) is 6.67 Å². The molecule has 0 aromatic heterocycles. The number of hydrogen-bond donors (Lipinski definition) is 0. The van der Waals surface area contributed by atoms with Crippen LogP contribution in [0.4, 0.5) is 8.78 Å². The van der Waals surface area contributed by atoms with E-state index in [4.69, 9.17) is 0 Å². The van der Waals surface area contributed by atoms with Crippen LogP contribution in [0.1, 0.15) is 0 Å². The molecule has 0 saturated carbocycles. The predicted octanol–water partition coefficient (Wildman–Crippen LogP) is 2.01. The lowest BCUT2D eigenvalue weighted by Gasteiger charge is -1.70. The van der Waals surface area contributed by atoms with E-state index in [-0.39, 0.29) is 0 Å². The van der Waals surface area contributed by atoms with Crippen LogP contribution in [-0.2, 0) is 0 Å². The number of allylic oxidation sites excluding steroid dienone is 1. The molecule has 0 aliphatic heterocycles. The first kappa shape index (κ1) is 5.89. The molecule has 3 heteroatoms. The smallest absolute Gasteiger partial charge is 0.187 e. The Hall–Kier alpha value is -0.110. The quantitative estimate of drug-likeness (QED) is 0.487. The van der Waals surface area contributed by atoms with Gasteiger partial charge in [0.05, 0.1) is 0 Å². The van der Waals surface area contributed by atoms with Crippen molar-refractivity contribution in [3.05, 3.63) is 11.4 Å². The molecule has 0 aromatic carbocycles. The second kappa shape index (κ2) is 3.09. The summed E-state index contributed by atoms with van der Waals surface area (Å²) in [6.07, 6.45) is 0.640. The fourth-order valence-electron chi connectivity index (χ4n) is 0.0583. The molecule has 0 saturated heterocycles. The van der Waals surface area contributed by atoms with Gasteiger partial charge in [-0.25, -0.2) is 4.39 Å². The standard InChI is InChI=1S/C3H3ClF2/c4-3(6)1-2-5/h1H,2H2. The van der Waals surface area contributed by atoms with Gasteiger partial charge in [-0.05, 0) is 6.08 Å². The molecule has 0 bridgehead atoms. The lowest BCUT2D eigenvalue weighted by atomic mass is 10.7. The Morgan fingerprint density at radius 1 is 1.83 bits per heavy atom. The Morgan fingerprint density at radius 2 is 2.33 bits per heavy atom. The second-order valence-electron chi connectivity index (χ2n) is 0.648. The lowest BCUT2D eigenvalue weighted by molar-refractivity contribution is 0.551. The molecule has 0 aromatic rings. The SMILES string of the molecule is FCC=C(F)Cl. The highest BCUT2D eigenvalue weighted by Crippen LogP contribution is 1.99. The van der Waals surface area contributed by atoms with Crippen molar-refractivity contribution in [2.75, 3.05) is 6.67 Å². The zero-order chi connectivity index (χ0) is 4.99. The lowest BCUT2D eigenvalue weighted by Crippen LogP contribution is -1.59. The van der Waals surface area contributed by atoms with Gasteiger partial charge < -0.3 is 0 Å². The minimum absolute atomic E-state index is 0.640. The fraction of sp³-hybridized carbons (Fsp3) is 0.333. The van der Waals surface area contributed by atoms with Crippen LogP contribution < -0.4 is 0 Å². The minimum Gasteiger partial charge on any atom is -0.246 e. The number of halogens is 3. The molecule has 0 spiro atoms. The van der Waals surface area contributed by atoms with Gasteiger partial charge in [-0.1, -0.05) is 11.6 Å². The van der Waals surface area contributed by atoms with Gasteiger partial charge in [0.25, 0.3) is 0 Å². The van der Waals surface area contributed by atoms with Gasteiger partial charge in [-0.2, -0.15) is 4.39 Å². The summed E-state index contributed by atoms with van der Waals surface area (Å²) in [5, 5.41) is -0.988. The zero-order valence-electron chi connectivity index (χ0n) is 2.92. The van der Waals surface area contributed by atoms with Gasteiger partial charge in [-0.15, -0.1) is 0 Å². The molecule has 6 heavy (non-hydrogen) atoms. The average molecular weight is 113 g/mol. The Morgan fingerprint density at radius 3 is 2.33 bits per heavy atom. The third-order valence-corrected chi connectivity index (χ3v) is 0.386. The van der Waals surface area contributed by atoms with E-state index in [1.807, 2.05) is 0 Å². The maximum Gasteiger partial charge on any atom is 0.187 e. The highest BCUT2D eigenvalue weighted by atomic mass is 35.5.